The predicted molar refractivity (Wildman–Crippen MR) is 81.0 cm³/mol. The zero-order valence-electron chi connectivity index (χ0n) is 12.5. The number of hydrogen-bond donors (Lipinski definition) is 0. The molecule has 1 aromatic carbocycles. The molecule has 0 N–H and O–H groups in total. The lowest BCUT2D eigenvalue weighted by molar-refractivity contribution is 0.0594. The number of anilines is 1. The standard InChI is InChI=1S/C16H17N3O3/c1-11-8-19(9-12-5-3-4-6-14(12)22-11)15-7-13(16(20)21-2)17-10-18-15/h3-7,10-11H,8-9H2,1-2H3. The molecule has 3 rings (SSSR count). The number of carbonyl (C=O) groups is 1. The topological polar surface area (TPSA) is 64.5 Å². The lowest BCUT2D eigenvalue weighted by Crippen LogP contribution is -2.31. The second-order valence-corrected chi connectivity index (χ2v) is 5.17. The van der Waals surface area contributed by atoms with E-state index < -0.39 is 5.97 Å². The van der Waals surface area contributed by atoms with Gasteiger partial charge in [-0.25, -0.2) is 14.8 Å². The molecule has 0 fully saturated rings. The Hall–Kier alpha value is -2.63. The molecular weight excluding hydrogens is 282 g/mol. The van der Waals surface area contributed by atoms with E-state index in [2.05, 4.69) is 14.9 Å². The van der Waals surface area contributed by atoms with E-state index in [1.165, 1.54) is 13.4 Å². The van der Waals surface area contributed by atoms with Crippen molar-refractivity contribution >= 4 is 11.8 Å². The maximum atomic E-state index is 11.6. The van der Waals surface area contributed by atoms with Crippen LogP contribution in [0.4, 0.5) is 5.82 Å². The Balaban J connectivity index is 1.93. The summed E-state index contributed by atoms with van der Waals surface area (Å²) in [6.45, 7) is 3.35. The minimum Gasteiger partial charge on any atom is -0.489 e. The summed E-state index contributed by atoms with van der Waals surface area (Å²) >= 11 is 0. The summed E-state index contributed by atoms with van der Waals surface area (Å²) in [5.41, 5.74) is 1.34. The van der Waals surface area contributed by atoms with Crippen molar-refractivity contribution in [2.24, 2.45) is 0 Å². The van der Waals surface area contributed by atoms with E-state index in [-0.39, 0.29) is 11.8 Å². The van der Waals surface area contributed by atoms with Gasteiger partial charge in [0, 0.05) is 18.2 Å². The fraction of sp³-hybridized carbons (Fsp3) is 0.312. The molecule has 0 radical (unpaired) electrons. The van der Waals surface area contributed by atoms with Crippen molar-refractivity contribution in [3.63, 3.8) is 0 Å². The summed E-state index contributed by atoms with van der Waals surface area (Å²) < 4.78 is 10.6. The molecule has 0 amide bonds. The molecule has 1 unspecified atom stereocenters. The number of para-hydroxylation sites is 1. The van der Waals surface area contributed by atoms with Gasteiger partial charge in [0.2, 0.25) is 0 Å². The average molecular weight is 299 g/mol. The molecule has 1 aliphatic heterocycles. The van der Waals surface area contributed by atoms with Gasteiger partial charge in [0.15, 0.2) is 5.69 Å². The second kappa shape index (κ2) is 6.01. The molecule has 114 valence electrons. The van der Waals surface area contributed by atoms with Crippen LogP contribution >= 0.6 is 0 Å². The Morgan fingerprint density at radius 3 is 3.00 bits per heavy atom. The Labute approximate surface area is 128 Å². The minimum atomic E-state index is -0.469. The molecule has 6 heteroatoms. The van der Waals surface area contributed by atoms with Crippen molar-refractivity contribution in [1.29, 1.82) is 0 Å². The molecular formula is C16H17N3O3. The number of fused-ring (bicyclic) bond motifs is 1. The van der Waals surface area contributed by atoms with E-state index in [9.17, 15) is 4.79 Å². The van der Waals surface area contributed by atoms with Crippen LogP contribution in [0.15, 0.2) is 36.7 Å². The van der Waals surface area contributed by atoms with E-state index in [1.807, 2.05) is 31.2 Å². The number of ether oxygens (including phenoxy) is 2. The Kier molecular flexibility index (Phi) is 3.91. The molecule has 1 aromatic heterocycles. The fourth-order valence-corrected chi connectivity index (χ4v) is 2.49. The molecule has 1 atom stereocenters. The van der Waals surface area contributed by atoms with Gasteiger partial charge in [0.05, 0.1) is 13.7 Å². The number of esters is 1. The molecule has 22 heavy (non-hydrogen) atoms. The lowest BCUT2D eigenvalue weighted by atomic mass is 10.2. The van der Waals surface area contributed by atoms with Crippen molar-refractivity contribution in [3.05, 3.63) is 47.9 Å². The highest BCUT2D eigenvalue weighted by Crippen LogP contribution is 2.27. The van der Waals surface area contributed by atoms with Crippen molar-refractivity contribution in [2.75, 3.05) is 18.6 Å². The van der Waals surface area contributed by atoms with Gasteiger partial charge >= 0.3 is 5.97 Å². The van der Waals surface area contributed by atoms with Crippen LogP contribution < -0.4 is 9.64 Å². The zero-order chi connectivity index (χ0) is 15.5. The van der Waals surface area contributed by atoms with E-state index >= 15 is 0 Å². The first-order valence-electron chi connectivity index (χ1n) is 7.07. The van der Waals surface area contributed by atoms with Gasteiger partial charge in [0.1, 0.15) is 24.0 Å². The normalized spacial score (nSPS) is 17.2. The average Bonchev–Trinajstić information content (AvgIpc) is 2.72. The molecule has 2 heterocycles. The molecule has 0 saturated carbocycles. The number of nitrogens with zero attached hydrogens (tertiary/aromatic N) is 3. The van der Waals surface area contributed by atoms with Crippen LogP contribution in [0.5, 0.6) is 5.75 Å². The Morgan fingerprint density at radius 2 is 2.18 bits per heavy atom. The summed E-state index contributed by atoms with van der Waals surface area (Å²) in [6.07, 6.45) is 1.39. The van der Waals surface area contributed by atoms with Gasteiger partial charge in [-0.05, 0) is 13.0 Å². The maximum absolute atomic E-state index is 11.6. The summed E-state index contributed by atoms with van der Waals surface area (Å²) in [6, 6.07) is 9.59. The van der Waals surface area contributed by atoms with E-state index in [0.29, 0.717) is 18.9 Å². The van der Waals surface area contributed by atoms with Crippen molar-refractivity contribution in [2.45, 2.75) is 19.6 Å². The van der Waals surface area contributed by atoms with Crippen LogP contribution in [0.2, 0.25) is 0 Å². The van der Waals surface area contributed by atoms with Crippen LogP contribution in [0, 0.1) is 0 Å². The van der Waals surface area contributed by atoms with Crippen LogP contribution in [0.1, 0.15) is 23.0 Å². The SMILES string of the molecule is COC(=O)c1cc(N2Cc3ccccc3OC(C)C2)ncn1. The van der Waals surface area contributed by atoms with E-state index in [1.54, 1.807) is 6.07 Å². The quantitative estimate of drug-likeness (QED) is 0.791. The third-order valence-electron chi connectivity index (χ3n) is 3.51. The largest absolute Gasteiger partial charge is 0.489 e. The van der Waals surface area contributed by atoms with E-state index in [0.717, 1.165) is 11.3 Å². The maximum Gasteiger partial charge on any atom is 0.356 e. The van der Waals surface area contributed by atoms with Gasteiger partial charge in [-0.3, -0.25) is 0 Å². The van der Waals surface area contributed by atoms with Crippen LogP contribution in [-0.2, 0) is 11.3 Å². The van der Waals surface area contributed by atoms with Crippen LogP contribution in [0.3, 0.4) is 0 Å². The third kappa shape index (κ3) is 2.86. The first-order valence-corrected chi connectivity index (χ1v) is 7.07. The summed E-state index contributed by atoms with van der Waals surface area (Å²) in [4.78, 5) is 21.9. The molecule has 6 nitrogen and oxygen atoms in total. The van der Waals surface area contributed by atoms with Gasteiger partial charge in [-0.2, -0.15) is 0 Å². The van der Waals surface area contributed by atoms with E-state index in [4.69, 9.17) is 9.47 Å². The van der Waals surface area contributed by atoms with Crippen molar-refractivity contribution in [1.82, 2.24) is 9.97 Å². The van der Waals surface area contributed by atoms with Crippen LogP contribution in [-0.4, -0.2) is 35.7 Å². The number of aromatic nitrogens is 2. The van der Waals surface area contributed by atoms with Crippen molar-refractivity contribution < 1.29 is 14.3 Å². The molecule has 0 saturated heterocycles. The third-order valence-corrected chi connectivity index (χ3v) is 3.51. The fourth-order valence-electron chi connectivity index (χ4n) is 2.49. The summed E-state index contributed by atoms with van der Waals surface area (Å²) in [7, 11) is 1.34. The van der Waals surface area contributed by atoms with Gasteiger partial charge in [-0.15, -0.1) is 0 Å². The Bertz CT molecular complexity index is 690. The highest BCUT2D eigenvalue weighted by Gasteiger charge is 2.22. The summed E-state index contributed by atoms with van der Waals surface area (Å²) in [5.74, 6) is 1.10. The number of methoxy groups -OCH3 is 1. The molecule has 0 spiro atoms. The highest BCUT2D eigenvalue weighted by molar-refractivity contribution is 5.87. The highest BCUT2D eigenvalue weighted by atomic mass is 16.5. The molecule has 0 aliphatic carbocycles. The van der Waals surface area contributed by atoms with Gasteiger partial charge < -0.3 is 14.4 Å². The monoisotopic (exact) mass is 299 g/mol. The second-order valence-electron chi connectivity index (χ2n) is 5.17. The first-order chi connectivity index (χ1) is 10.7. The predicted octanol–water partition coefficient (Wildman–Crippen LogP) is 2.05. The number of rotatable bonds is 2. The smallest absolute Gasteiger partial charge is 0.356 e. The minimum absolute atomic E-state index is 0.0141. The van der Waals surface area contributed by atoms with Gasteiger partial charge in [-0.1, -0.05) is 18.2 Å². The molecule has 1 aliphatic rings. The number of carbonyl (C=O) groups excluding carboxylic acids is 1. The molecule has 0 bridgehead atoms. The van der Waals surface area contributed by atoms with Gasteiger partial charge in [0.25, 0.3) is 0 Å². The zero-order valence-corrected chi connectivity index (χ0v) is 12.5. The van der Waals surface area contributed by atoms with Crippen LogP contribution in [0.25, 0.3) is 0 Å². The first kappa shape index (κ1) is 14.3. The number of benzene rings is 1. The Morgan fingerprint density at radius 1 is 1.36 bits per heavy atom. The summed E-state index contributed by atoms with van der Waals surface area (Å²) in [5, 5.41) is 0. The lowest BCUT2D eigenvalue weighted by Gasteiger charge is -2.23. The molecule has 2 aromatic rings. The van der Waals surface area contributed by atoms with Crippen molar-refractivity contribution in [3.8, 4) is 5.75 Å². The number of hydrogen-bond acceptors (Lipinski definition) is 6.